The first-order chi connectivity index (χ1) is 12.6. The number of nitrogens with one attached hydrogen (secondary N) is 1. The zero-order chi connectivity index (χ0) is 20.2. The minimum absolute atomic E-state index is 0.0769. The summed E-state index contributed by atoms with van der Waals surface area (Å²) in [4.78, 5) is 11.6. The number of carbonyl (C=O) groups excluding carboxylic acids is 1. The quantitative estimate of drug-likeness (QED) is 0.633. The Balaban J connectivity index is 2.47. The van der Waals surface area contributed by atoms with Gasteiger partial charge < -0.3 is 4.74 Å². The molecule has 146 valence electrons. The van der Waals surface area contributed by atoms with Gasteiger partial charge in [-0.2, -0.15) is 13.5 Å². The fourth-order valence-corrected chi connectivity index (χ4v) is 3.78. The Morgan fingerprint density at radius 3 is 2.22 bits per heavy atom. The van der Waals surface area contributed by atoms with Crippen molar-refractivity contribution in [1.82, 2.24) is 4.72 Å². The normalized spacial score (nSPS) is 13.2. The lowest BCUT2D eigenvalue weighted by molar-refractivity contribution is -0.175. The van der Waals surface area contributed by atoms with Crippen molar-refractivity contribution >= 4 is 31.9 Å². The first-order valence-electron chi connectivity index (χ1n) is 7.97. The zero-order valence-electron chi connectivity index (χ0n) is 14.6. The van der Waals surface area contributed by atoms with Crippen LogP contribution in [0.15, 0.2) is 57.9 Å². The van der Waals surface area contributed by atoms with Crippen molar-refractivity contribution in [3.63, 3.8) is 0 Å². The van der Waals surface area contributed by atoms with Crippen molar-refractivity contribution in [3.8, 4) is 0 Å². The van der Waals surface area contributed by atoms with E-state index in [9.17, 15) is 22.0 Å². The van der Waals surface area contributed by atoms with Gasteiger partial charge in [-0.15, -0.1) is 0 Å². The van der Waals surface area contributed by atoms with E-state index in [0.717, 1.165) is 5.56 Å². The molecular formula is C18H18BrF2NO4S. The standard InChI is InChI=1S/C18H18BrF2NO4S/c1-3-26-17(23)18(20,21)16(13-6-8-14(19)9-7-13)22-27(24,25)15-10-4-12(2)5-11-15/h4-11,16,22H,3H2,1-2H3. The molecule has 2 rings (SSSR count). The molecule has 2 aromatic rings. The van der Waals surface area contributed by atoms with Gasteiger partial charge in [0.25, 0.3) is 0 Å². The summed E-state index contributed by atoms with van der Waals surface area (Å²) in [6.45, 7) is 2.90. The number of carbonyl (C=O) groups is 1. The van der Waals surface area contributed by atoms with Crippen molar-refractivity contribution in [1.29, 1.82) is 0 Å². The van der Waals surface area contributed by atoms with Gasteiger partial charge in [0.15, 0.2) is 0 Å². The van der Waals surface area contributed by atoms with Crippen LogP contribution in [-0.4, -0.2) is 26.9 Å². The topological polar surface area (TPSA) is 72.5 Å². The Morgan fingerprint density at radius 1 is 1.15 bits per heavy atom. The Morgan fingerprint density at radius 2 is 1.70 bits per heavy atom. The van der Waals surface area contributed by atoms with Gasteiger partial charge in [-0.1, -0.05) is 45.8 Å². The molecule has 0 radical (unpaired) electrons. The van der Waals surface area contributed by atoms with Crippen molar-refractivity contribution < 1.29 is 26.7 Å². The number of sulfonamides is 1. The van der Waals surface area contributed by atoms with E-state index in [-0.39, 0.29) is 17.1 Å². The molecule has 0 spiro atoms. The van der Waals surface area contributed by atoms with Crippen LogP contribution in [0.3, 0.4) is 0 Å². The first-order valence-corrected chi connectivity index (χ1v) is 10.2. The number of halogens is 3. The second-order valence-electron chi connectivity index (χ2n) is 5.76. The number of aryl methyl sites for hydroxylation is 1. The maximum atomic E-state index is 14.8. The molecule has 9 heteroatoms. The molecule has 1 N–H and O–H groups in total. The van der Waals surface area contributed by atoms with Crippen molar-refractivity contribution in [2.75, 3.05) is 6.61 Å². The lowest BCUT2D eigenvalue weighted by Gasteiger charge is -2.26. The van der Waals surface area contributed by atoms with Gasteiger partial charge in [-0.25, -0.2) is 13.2 Å². The highest BCUT2D eigenvalue weighted by Gasteiger charge is 2.51. The van der Waals surface area contributed by atoms with Gasteiger partial charge in [0, 0.05) is 4.47 Å². The van der Waals surface area contributed by atoms with E-state index < -0.39 is 28.0 Å². The Hall–Kier alpha value is -1.84. The van der Waals surface area contributed by atoms with E-state index >= 15 is 0 Å². The fourth-order valence-electron chi connectivity index (χ4n) is 2.29. The number of esters is 1. The third-order valence-electron chi connectivity index (χ3n) is 3.72. The van der Waals surface area contributed by atoms with Gasteiger partial charge in [0.05, 0.1) is 11.5 Å². The number of benzene rings is 2. The van der Waals surface area contributed by atoms with Crippen LogP contribution in [-0.2, 0) is 19.6 Å². The summed E-state index contributed by atoms with van der Waals surface area (Å²) in [6.07, 6.45) is 0. The molecule has 0 bridgehead atoms. The van der Waals surface area contributed by atoms with E-state index in [0.29, 0.717) is 4.47 Å². The molecule has 0 saturated heterocycles. The van der Waals surface area contributed by atoms with Crippen molar-refractivity contribution in [2.24, 2.45) is 0 Å². The van der Waals surface area contributed by atoms with Crippen LogP contribution in [0.25, 0.3) is 0 Å². The third kappa shape index (κ3) is 5.12. The molecule has 0 aliphatic rings. The van der Waals surface area contributed by atoms with Crippen LogP contribution in [0.5, 0.6) is 0 Å². The van der Waals surface area contributed by atoms with Crippen LogP contribution in [0.1, 0.15) is 24.1 Å². The SMILES string of the molecule is CCOC(=O)C(F)(F)C(NS(=O)(=O)c1ccc(C)cc1)c1ccc(Br)cc1. The molecule has 0 aliphatic heterocycles. The summed E-state index contributed by atoms with van der Waals surface area (Å²) in [7, 11) is -4.32. The molecular weight excluding hydrogens is 444 g/mol. The smallest absolute Gasteiger partial charge is 0.379 e. The number of hydrogen-bond acceptors (Lipinski definition) is 4. The summed E-state index contributed by atoms with van der Waals surface area (Å²) in [5.74, 6) is -5.91. The number of hydrogen-bond donors (Lipinski definition) is 1. The van der Waals surface area contributed by atoms with Gasteiger partial charge >= 0.3 is 11.9 Å². The van der Waals surface area contributed by atoms with Gasteiger partial charge in [-0.3, -0.25) is 0 Å². The van der Waals surface area contributed by atoms with E-state index in [2.05, 4.69) is 20.7 Å². The Bertz CT molecular complexity index is 900. The second-order valence-corrected chi connectivity index (χ2v) is 8.39. The average molecular weight is 462 g/mol. The van der Waals surface area contributed by atoms with Crippen LogP contribution < -0.4 is 4.72 Å². The summed E-state index contributed by atoms with van der Waals surface area (Å²) < 4.78 is 61.7. The molecule has 1 atom stereocenters. The first kappa shape index (κ1) is 21.5. The van der Waals surface area contributed by atoms with Gasteiger partial charge in [0.2, 0.25) is 10.0 Å². The van der Waals surface area contributed by atoms with Crippen LogP contribution in [0.2, 0.25) is 0 Å². The molecule has 0 fully saturated rings. The summed E-state index contributed by atoms with van der Waals surface area (Å²) in [5.41, 5.74) is 0.738. The van der Waals surface area contributed by atoms with Crippen LogP contribution in [0.4, 0.5) is 8.78 Å². The second kappa shape index (κ2) is 8.45. The minimum Gasteiger partial charge on any atom is -0.462 e. The molecule has 0 heterocycles. The lowest BCUT2D eigenvalue weighted by atomic mass is 10.0. The molecule has 0 saturated carbocycles. The maximum Gasteiger partial charge on any atom is 0.379 e. The molecule has 5 nitrogen and oxygen atoms in total. The number of alkyl halides is 2. The summed E-state index contributed by atoms with van der Waals surface area (Å²) in [5, 5.41) is 0. The monoisotopic (exact) mass is 461 g/mol. The van der Waals surface area contributed by atoms with Gasteiger partial charge in [-0.05, 0) is 43.7 Å². The maximum absolute atomic E-state index is 14.8. The van der Waals surface area contributed by atoms with E-state index in [4.69, 9.17) is 0 Å². The molecule has 27 heavy (non-hydrogen) atoms. The summed E-state index contributed by atoms with van der Waals surface area (Å²) in [6, 6.07) is 9.14. The highest BCUT2D eigenvalue weighted by molar-refractivity contribution is 9.10. The van der Waals surface area contributed by atoms with Crippen molar-refractivity contribution in [3.05, 3.63) is 64.1 Å². The van der Waals surface area contributed by atoms with Crippen LogP contribution in [0, 0.1) is 6.92 Å². The lowest BCUT2D eigenvalue weighted by Crippen LogP contribution is -2.46. The van der Waals surface area contributed by atoms with E-state index in [1.165, 1.54) is 43.3 Å². The highest BCUT2D eigenvalue weighted by Crippen LogP contribution is 2.34. The molecule has 2 aromatic carbocycles. The predicted molar refractivity (Wildman–Crippen MR) is 100.0 cm³/mol. The van der Waals surface area contributed by atoms with E-state index in [1.54, 1.807) is 19.1 Å². The molecule has 0 amide bonds. The fraction of sp³-hybridized carbons (Fsp3) is 0.278. The largest absolute Gasteiger partial charge is 0.462 e. The molecule has 0 aliphatic carbocycles. The van der Waals surface area contributed by atoms with Crippen molar-refractivity contribution in [2.45, 2.75) is 30.7 Å². The Labute approximate surface area is 164 Å². The molecule has 0 aromatic heterocycles. The average Bonchev–Trinajstić information content (AvgIpc) is 2.61. The number of rotatable bonds is 7. The number of ether oxygens (including phenoxy) is 1. The predicted octanol–water partition coefficient (Wildman–Crippen LogP) is 3.98. The van der Waals surface area contributed by atoms with Crippen LogP contribution >= 0.6 is 15.9 Å². The highest BCUT2D eigenvalue weighted by atomic mass is 79.9. The van der Waals surface area contributed by atoms with E-state index in [1.807, 2.05) is 4.72 Å². The molecule has 1 unspecified atom stereocenters. The van der Waals surface area contributed by atoms with Gasteiger partial charge in [0.1, 0.15) is 6.04 Å². The Kier molecular flexibility index (Phi) is 6.72. The third-order valence-corrected chi connectivity index (χ3v) is 5.69. The minimum atomic E-state index is -4.32. The zero-order valence-corrected chi connectivity index (χ0v) is 17.0. The summed E-state index contributed by atoms with van der Waals surface area (Å²) >= 11 is 3.19.